The molecule has 112 valence electrons. The minimum absolute atomic E-state index is 0.157. The Kier molecular flexibility index (Phi) is 4.62. The summed E-state index contributed by atoms with van der Waals surface area (Å²) in [6, 6.07) is 3.16. The normalized spacial score (nSPS) is 20.9. The van der Waals surface area contributed by atoms with Crippen molar-refractivity contribution in [2.24, 2.45) is 5.92 Å². The number of benzene rings is 1. The Morgan fingerprint density at radius 1 is 1.40 bits per heavy atom. The van der Waals surface area contributed by atoms with Crippen LogP contribution >= 0.6 is 11.6 Å². The van der Waals surface area contributed by atoms with Gasteiger partial charge in [0.1, 0.15) is 10.6 Å². The summed E-state index contributed by atoms with van der Waals surface area (Å²) < 4.78 is 32.3. The van der Waals surface area contributed by atoms with Crippen molar-refractivity contribution in [1.82, 2.24) is 4.31 Å². The second-order valence-electron chi connectivity index (χ2n) is 5.36. The van der Waals surface area contributed by atoms with E-state index in [1.807, 2.05) is 6.92 Å². The maximum Gasteiger partial charge on any atom is 0.246 e. The fourth-order valence-corrected chi connectivity index (χ4v) is 4.49. The molecule has 0 saturated carbocycles. The number of rotatable bonds is 3. The largest absolute Gasteiger partial charge is 0.495 e. The molecule has 1 aromatic rings. The van der Waals surface area contributed by atoms with E-state index in [1.165, 1.54) is 17.5 Å². The van der Waals surface area contributed by atoms with Gasteiger partial charge >= 0.3 is 0 Å². The first kappa shape index (κ1) is 15.6. The quantitative estimate of drug-likeness (QED) is 0.860. The van der Waals surface area contributed by atoms with Gasteiger partial charge in [0.15, 0.2) is 0 Å². The van der Waals surface area contributed by atoms with Crippen LogP contribution in [0.1, 0.15) is 25.3 Å². The van der Waals surface area contributed by atoms with Crippen LogP contribution in [-0.2, 0) is 10.0 Å². The van der Waals surface area contributed by atoms with Crippen LogP contribution in [0.2, 0.25) is 5.02 Å². The predicted octanol–water partition coefficient (Wildman–Crippen LogP) is 3.08. The maximum atomic E-state index is 12.8. The Hall–Kier alpha value is -0.780. The summed E-state index contributed by atoms with van der Waals surface area (Å²) >= 11 is 6.08. The van der Waals surface area contributed by atoms with E-state index in [4.69, 9.17) is 16.3 Å². The lowest BCUT2D eigenvalue weighted by Crippen LogP contribution is -2.39. The van der Waals surface area contributed by atoms with E-state index in [1.54, 1.807) is 6.07 Å². The van der Waals surface area contributed by atoms with Crippen molar-refractivity contribution in [3.05, 3.63) is 22.7 Å². The summed E-state index contributed by atoms with van der Waals surface area (Å²) in [5.41, 5.74) is 0.800. The fourth-order valence-electron chi connectivity index (χ4n) is 2.50. The molecule has 4 nitrogen and oxygen atoms in total. The number of piperidine rings is 1. The van der Waals surface area contributed by atoms with Crippen molar-refractivity contribution in [2.45, 2.75) is 31.6 Å². The summed E-state index contributed by atoms with van der Waals surface area (Å²) in [6.07, 6.45) is 1.96. The third-order valence-electron chi connectivity index (χ3n) is 3.68. The van der Waals surface area contributed by atoms with Gasteiger partial charge in [0.2, 0.25) is 10.0 Å². The van der Waals surface area contributed by atoms with Crippen LogP contribution in [0.15, 0.2) is 17.0 Å². The Morgan fingerprint density at radius 3 is 2.70 bits per heavy atom. The predicted molar refractivity (Wildman–Crippen MR) is 79.9 cm³/mol. The average molecular weight is 318 g/mol. The van der Waals surface area contributed by atoms with Gasteiger partial charge in [0, 0.05) is 18.1 Å². The van der Waals surface area contributed by atoms with E-state index >= 15 is 0 Å². The van der Waals surface area contributed by atoms with Crippen molar-refractivity contribution in [3.63, 3.8) is 0 Å². The molecular formula is C14H20ClNO3S. The molecule has 20 heavy (non-hydrogen) atoms. The minimum atomic E-state index is -3.55. The first-order valence-electron chi connectivity index (χ1n) is 6.70. The van der Waals surface area contributed by atoms with Crippen LogP contribution in [0.5, 0.6) is 5.75 Å². The first-order valence-corrected chi connectivity index (χ1v) is 8.52. The number of hydrogen-bond donors (Lipinski definition) is 0. The van der Waals surface area contributed by atoms with Crippen LogP contribution in [0.25, 0.3) is 0 Å². The number of ether oxygens (including phenoxy) is 1. The lowest BCUT2D eigenvalue weighted by molar-refractivity contribution is 0.280. The zero-order chi connectivity index (χ0) is 14.9. The van der Waals surface area contributed by atoms with Gasteiger partial charge in [-0.05, 0) is 43.4 Å². The molecule has 1 fully saturated rings. The number of halogens is 1. The molecular weight excluding hydrogens is 298 g/mol. The molecule has 0 spiro atoms. The van der Waals surface area contributed by atoms with Crippen LogP contribution in [-0.4, -0.2) is 32.9 Å². The van der Waals surface area contributed by atoms with Crippen molar-refractivity contribution in [3.8, 4) is 5.75 Å². The molecule has 1 saturated heterocycles. The van der Waals surface area contributed by atoms with Crippen LogP contribution < -0.4 is 4.74 Å². The highest BCUT2D eigenvalue weighted by atomic mass is 35.5. The van der Waals surface area contributed by atoms with Crippen LogP contribution in [0.4, 0.5) is 0 Å². The Bertz CT molecular complexity index is 601. The van der Waals surface area contributed by atoms with Gasteiger partial charge in [-0.25, -0.2) is 8.42 Å². The molecule has 0 aliphatic carbocycles. The first-order chi connectivity index (χ1) is 9.36. The van der Waals surface area contributed by atoms with E-state index in [9.17, 15) is 8.42 Å². The third-order valence-corrected chi connectivity index (χ3v) is 5.98. The summed E-state index contributed by atoms with van der Waals surface area (Å²) in [5, 5.41) is 0.439. The second-order valence-corrected chi connectivity index (χ2v) is 7.68. The molecule has 0 bridgehead atoms. The number of hydrogen-bond acceptors (Lipinski definition) is 3. The van der Waals surface area contributed by atoms with Crippen LogP contribution in [0, 0.1) is 12.8 Å². The lowest BCUT2D eigenvalue weighted by Gasteiger charge is -2.30. The standard InChI is InChI=1S/C14H20ClNO3S/c1-10-5-4-6-16(9-10)20(17,18)14-8-12(15)11(2)7-13(14)19-3/h7-8,10H,4-6,9H2,1-3H3/t10-/m1/s1. The van der Waals surface area contributed by atoms with E-state index in [0.29, 0.717) is 29.8 Å². The van der Waals surface area contributed by atoms with E-state index < -0.39 is 10.0 Å². The van der Waals surface area contributed by atoms with Gasteiger partial charge < -0.3 is 4.74 Å². The average Bonchev–Trinajstić information content (AvgIpc) is 2.41. The number of sulfonamides is 1. The molecule has 1 aliphatic rings. The SMILES string of the molecule is COc1cc(C)c(Cl)cc1S(=O)(=O)N1CCC[C@@H](C)C1. The molecule has 1 heterocycles. The van der Waals surface area contributed by atoms with Crippen molar-refractivity contribution >= 4 is 21.6 Å². The summed E-state index contributed by atoms with van der Waals surface area (Å²) in [7, 11) is -2.08. The van der Waals surface area contributed by atoms with Crippen molar-refractivity contribution < 1.29 is 13.2 Å². The topological polar surface area (TPSA) is 46.6 Å². The highest BCUT2D eigenvalue weighted by Crippen LogP contribution is 2.33. The van der Waals surface area contributed by atoms with E-state index in [-0.39, 0.29) is 4.90 Å². The Morgan fingerprint density at radius 2 is 2.10 bits per heavy atom. The smallest absolute Gasteiger partial charge is 0.246 e. The molecule has 0 aromatic heterocycles. The van der Waals surface area contributed by atoms with Gasteiger partial charge in [0.25, 0.3) is 0 Å². The summed E-state index contributed by atoms with van der Waals surface area (Å²) in [5.74, 6) is 0.732. The summed E-state index contributed by atoms with van der Waals surface area (Å²) in [4.78, 5) is 0.157. The lowest BCUT2D eigenvalue weighted by atomic mass is 10.0. The van der Waals surface area contributed by atoms with Gasteiger partial charge in [-0.3, -0.25) is 0 Å². The monoisotopic (exact) mass is 317 g/mol. The molecule has 2 rings (SSSR count). The zero-order valence-corrected chi connectivity index (χ0v) is 13.6. The highest BCUT2D eigenvalue weighted by Gasteiger charge is 2.31. The third kappa shape index (κ3) is 2.95. The van der Waals surface area contributed by atoms with Gasteiger partial charge in [0.05, 0.1) is 7.11 Å². The van der Waals surface area contributed by atoms with E-state index in [2.05, 4.69) is 6.92 Å². The Balaban J connectivity index is 2.46. The number of aryl methyl sites for hydroxylation is 1. The van der Waals surface area contributed by atoms with Crippen LogP contribution in [0.3, 0.4) is 0 Å². The molecule has 1 atom stereocenters. The number of methoxy groups -OCH3 is 1. The Labute approximate surface area is 125 Å². The van der Waals surface area contributed by atoms with Gasteiger partial charge in [-0.15, -0.1) is 0 Å². The molecule has 0 amide bonds. The van der Waals surface area contributed by atoms with Crippen molar-refractivity contribution in [2.75, 3.05) is 20.2 Å². The highest BCUT2D eigenvalue weighted by molar-refractivity contribution is 7.89. The number of nitrogens with zero attached hydrogens (tertiary/aromatic N) is 1. The fraction of sp³-hybridized carbons (Fsp3) is 0.571. The minimum Gasteiger partial charge on any atom is -0.495 e. The summed E-state index contributed by atoms with van der Waals surface area (Å²) in [6.45, 7) is 5.00. The molecule has 1 aromatic carbocycles. The molecule has 0 N–H and O–H groups in total. The zero-order valence-electron chi connectivity index (χ0n) is 12.0. The maximum absolute atomic E-state index is 12.8. The van der Waals surface area contributed by atoms with Gasteiger partial charge in [-0.1, -0.05) is 18.5 Å². The molecule has 1 aliphatic heterocycles. The second kappa shape index (κ2) is 5.92. The van der Waals surface area contributed by atoms with Crippen molar-refractivity contribution in [1.29, 1.82) is 0 Å². The molecule has 0 radical (unpaired) electrons. The van der Waals surface area contributed by atoms with E-state index in [0.717, 1.165) is 18.4 Å². The molecule has 0 unspecified atom stereocenters. The molecule has 6 heteroatoms. The van der Waals surface area contributed by atoms with Gasteiger partial charge in [-0.2, -0.15) is 4.31 Å².